The maximum absolute atomic E-state index is 13.1. The molecule has 0 aliphatic rings. The molecule has 6 nitrogen and oxygen atoms in total. The van der Waals surface area contributed by atoms with E-state index in [0.29, 0.717) is 5.69 Å². The number of alkyl halides is 3. The molecule has 0 bridgehead atoms. The number of ether oxygens (including phenoxy) is 2. The van der Waals surface area contributed by atoms with Gasteiger partial charge in [0.25, 0.3) is 5.91 Å². The average molecular weight is 440 g/mol. The zero-order chi connectivity index (χ0) is 22.1. The predicted molar refractivity (Wildman–Crippen MR) is 106 cm³/mol. The Hall–Kier alpha value is -3.20. The minimum Gasteiger partial charge on any atom is -0.493 e. The van der Waals surface area contributed by atoms with Crippen LogP contribution in [0.5, 0.6) is 11.5 Å². The summed E-state index contributed by atoms with van der Waals surface area (Å²) >= 11 is 6.14. The lowest BCUT2D eigenvalue weighted by Crippen LogP contribution is -2.16. The van der Waals surface area contributed by atoms with Crippen molar-refractivity contribution in [1.29, 1.82) is 0 Å². The van der Waals surface area contributed by atoms with Gasteiger partial charge in [-0.3, -0.25) is 4.79 Å². The van der Waals surface area contributed by atoms with Crippen molar-refractivity contribution in [1.82, 2.24) is 9.78 Å². The smallest absolute Gasteiger partial charge is 0.416 e. The minimum absolute atomic E-state index is 0.151. The molecule has 1 heterocycles. The third-order valence-corrected chi connectivity index (χ3v) is 4.47. The molecule has 30 heavy (non-hydrogen) atoms. The highest BCUT2D eigenvalue weighted by atomic mass is 35.5. The molecular formula is C20H17ClF3N3O3. The maximum atomic E-state index is 13.1. The monoisotopic (exact) mass is 439 g/mol. The van der Waals surface area contributed by atoms with Gasteiger partial charge in [-0.25, -0.2) is 4.68 Å². The Balaban J connectivity index is 1.96. The van der Waals surface area contributed by atoms with E-state index in [2.05, 4.69) is 10.4 Å². The Morgan fingerprint density at radius 1 is 1.13 bits per heavy atom. The summed E-state index contributed by atoms with van der Waals surface area (Å²) in [7, 11) is 2.82. The van der Waals surface area contributed by atoms with Crippen molar-refractivity contribution >= 4 is 23.3 Å². The summed E-state index contributed by atoms with van der Waals surface area (Å²) in [5.41, 5.74) is 0.0100. The second-order valence-corrected chi connectivity index (χ2v) is 6.69. The van der Waals surface area contributed by atoms with Crippen LogP contribution in [0.1, 0.15) is 21.6 Å². The molecule has 0 aliphatic heterocycles. The van der Waals surface area contributed by atoms with E-state index in [-0.39, 0.29) is 33.6 Å². The van der Waals surface area contributed by atoms with E-state index in [1.165, 1.54) is 43.2 Å². The second kappa shape index (κ2) is 8.27. The summed E-state index contributed by atoms with van der Waals surface area (Å²) in [6, 6.07) is 9.03. The number of amides is 1. The Labute approximate surface area is 175 Å². The molecule has 0 spiro atoms. The Morgan fingerprint density at radius 2 is 1.87 bits per heavy atom. The number of carbonyl (C=O) groups excluding carboxylic acids is 1. The number of benzene rings is 2. The molecule has 1 aromatic heterocycles. The van der Waals surface area contributed by atoms with Gasteiger partial charge in [-0.2, -0.15) is 18.3 Å². The molecule has 1 amide bonds. The number of rotatable bonds is 5. The highest BCUT2D eigenvalue weighted by Crippen LogP contribution is 2.36. The molecule has 3 aromatic rings. The molecule has 0 radical (unpaired) electrons. The van der Waals surface area contributed by atoms with Crippen LogP contribution in [-0.4, -0.2) is 29.9 Å². The molecule has 0 aliphatic carbocycles. The van der Waals surface area contributed by atoms with E-state index >= 15 is 0 Å². The van der Waals surface area contributed by atoms with Crippen LogP contribution in [-0.2, 0) is 6.18 Å². The fourth-order valence-electron chi connectivity index (χ4n) is 2.84. The van der Waals surface area contributed by atoms with Crippen molar-refractivity contribution in [3.8, 4) is 17.2 Å². The van der Waals surface area contributed by atoms with Crippen molar-refractivity contribution in [3.05, 3.63) is 64.3 Å². The fraction of sp³-hybridized carbons (Fsp3) is 0.200. The van der Waals surface area contributed by atoms with Crippen LogP contribution < -0.4 is 14.8 Å². The van der Waals surface area contributed by atoms with Gasteiger partial charge in [-0.05, 0) is 37.3 Å². The Bertz CT molecular complexity index is 1100. The van der Waals surface area contributed by atoms with Gasteiger partial charge in [0.1, 0.15) is 5.82 Å². The molecule has 158 valence electrons. The molecule has 0 unspecified atom stereocenters. The fourth-order valence-corrected chi connectivity index (χ4v) is 3.12. The second-order valence-electron chi connectivity index (χ2n) is 6.28. The Kier molecular flexibility index (Phi) is 5.93. The van der Waals surface area contributed by atoms with Crippen LogP contribution in [0.25, 0.3) is 5.69 Å². The maximum Gasteiger partial charge on any atom is 0.416 e. The summed E-state index contributed by atoms with van der Waals surface area (Å²) in [5.74, 6) is 0.187. The number of hydrogen-bond acceptors (Lipinski definition) is 4. The quantitative estimate of drug-likeness (QED) is 0.599. The van der Waals surface area contributed by atoms with Crippen LogP contribution in [0.3, 0.4) is 0 Å². The first-order valence-electron chi connectivity index (χ1n) is 8.61. The van der Waals surface area contributed by atoms with E-state index in [0.717, 1.165) is 12.1 Å². The largest absolute Gasteiger partial charge is 0.493 e. The summed E-state index contributed by atoms with van der Waals surface area (Å²) in [5, 5.41) is 7.01. The molecule has 10 heteroatoms. The number of nitrogens with one attached hydrogen (secondary N) is 1. The molecule has 0 fully saturated rings. The number of hydrogen-bond donors (Lipinski definition) is 1. The van der Waals surface area contributed by atoms with Crippen molar-refractivity contribution in [3.63, 3.8) is 0 Å². The third-order valence-electron chi connectivity index (χ3n) is 4.19. The van der Waals surface area contributed by atoms with Gasteiger partial charge in [-0.15, -0.1) is 0 Å². The summed E-state index contributed by atoms with van der Waals surface area (Å²) < 4.78 is 50.7. The predicted octanol–water partition coefficient (Wildman–Crippen LogP) is 5.12. The van der Waals surface area contributed by atoms with Gasteiger partial charge < -0.3 is 14.8 Å². The minimum atomic E-state index is -4.50. The standard InChI is InChI=1S/C20H17ClF3N3O3/c1-11-7-17(27(26-11)14-6-4-5-13(10-14)20(22,23)24)25-19(28)12-8-15(21)18(30-3)16(9-12)29-2/h4-10H,1-3H3,(H,25,28). The number of aryl methyl sites for hydroxylation is 1. The topological polar surface area (TPSA) is 65.4 Å². The van der Waals surface area contributed by atoms with Crippen molar-refractivity contribution in [2.45, 2.75) is 13.1 Å². The van der Waals surface area contributed by atoms with Gasteiger partial charge in [-0.1, -0.05) is 17.7 Å². The van der Waals surface area contributed by atoms with Crippen LogP contribution in [0.2, 0.25) is 5.02 Å². The van der Waals surface area contributed by atoms with Crippen molar-refractivity contribution in [2.24, 2.45) is 0 Å². The van der Waals surface area contributed by atoms with Crippen molar-refractivity contribution in [2.75, 3.05) is 19.5 Å². The van der Waals surface area contributed by atoms with Gasteiger partial charge in [0, 0.05) is 11.6 Å². The summed E-state index contributed by atoms with van der Waals surface area (Å²) in [6.45, 7) is 1.66. The molecule has 2 aromatic carbocycles. The van der Waals surface area contributed by atoms with Gasteiger partial charge in [0.05, 0.1) is 36.2 Å². The molecule has 0 saturated carbocycles. The van der Waals surface area contributed by atoms with Gasteiger partial charge in [0.2, 0.25) is 0 Å². The highest BCUT2D eigenvalue weighted by Gasteiger charge is 2.30. The van der Waals surface area contributed by atoms with Gasteiger partial charge >= 0.3 is 6.18 Å². The molecule has 3 rings (SSSR count). The average Bonchev–Trinajstić information content (AvgIpc) is 3.06. The number of aromatic nitrogens is 2. The van der Waals surface area contributed by atoms with E-state index in [9.17, 15) is 18.0 Å². The van der Waals surface area contributed by atoms with Gasteiger partial charge in [0.15, 0.2) is 11.5 Å². The zero-order valence-corrected chi connectivity index (χ0v) is 16.9. The van der Waals surface area contributed by atoms with Crippen LogP contribution in [0, 0.1) is 6.92 Å². The first-order chi connectivity index (χ1) is 14.1. The first-order valence-corrected chi connectivity index (χ1v) is 8.99. The molecular weight excluding hydrogens is 423 g/mol. The van der Waals surface area contributed by atoms with E-state index in [1.54, 1.807) is 13.0 Å². The lowest BCUT2D eigenvalue weighted by atomic mass is 10.2. The summed E-state index contributed by atoms with van der Waals surface area (Å²) in [4.78, 5) is 12.8. The third kappa shape index (κ3) is 4.35. The lowest BCUT2D eigenvalue weighted by Gasteiger charge is -2.13. The lowest BCUT2D eigenvalue weighted by molar-refractivity contribution is -0.137. The summed E-state index contributed by atoms with van der Waals surface area (Å²) in [6.07, 6.45) is -4.50. The number of halogens is 4. The molecule has 0 atom stereocenters. The number of methoxy groups -OCH3 is 2. The van der Waals surface area contributed by atoms with E-state index in [1.807, 2.05) is 0 Å². The van der Waals surface area contributed by atoms with E-state index in [4.69, 9.17) is 21.1 Å². The Morgan fingerprint density at radius 3 is 2.50 bits per heavy atom. The highest BCUT2D eigenvalue weighted by molar-refractivity contribution is 6.32. The molecule has 1 N–H and O–H groups in total. The van der Waals surface area contributed by atoms with Crippen LogP contribution in [0.15, 0.2) is 42.5 Å². The number of anilines is 1. The SMILES string of the molecule is COc1cc(C(=O)Nc2cc(C)nn2-c2cccc(C(F)(F)F)c2)cc(Cl)c1OC. The van der Waals surface area contributed by atoms with Crippen LogP contribution >= 0.6 is 11.6 Å². The molecule has 0 saturated heterocycles. The van der Waals surface area contributed by atoms with E-state index < -0.39 is 17.6 Å². The first kappa shape index (κ1) is 21.5. The van der Waals surface area contributed by atoms with Crippen molar-refractivity contribution < 1.29 is 27.4 Å². The zero-order valence-electron chi connectivity index (χ0n) is 16.2. The van der Waals surface area contributed by atoms with Crippen LogP contribution in [0.4, 0.5) is 19.0 Å². The number of nitrogens with zero attached hydrogens (tertiary/aromatic N) is 2. The normalized spacial score (nSPS) is 11.3. The number of carbonyl (C=O) groups is 1.